The maximum Gasteiger partial charge on any atom is 0.247 e. The van der Waals surface area contributed by atoms with Gasteiger partial charge in [0.15, 0.2) is 0 Å². The lowest BCUT2D eigenvalue weighted by Crippen LogP contribution is -2.54. The van der Waals surface area contributed by atoms with Gasteiger partial charge in [-0.15, -0.1) is 0 Å². The van der Waals surface area contributed by atoms with Crippen LogP contribution in [-0.2, 0) is 14.8 Å². The summed E-state index contributed by atoms with van der Waals surface area (Å²) in [5.74, 6) is 0. The molecule has 1 saturated heterocycles. The summed E-state index contributed by atoms with van der Waals surface area (Å²) in [4.78, 5) is 0.337. The molecule has 6 nitrogen and oxygen atoms in total. The second kappa shape index (κ2) is 5.13. The number of rotatable bonds is 2. The van der Waals surface area contributed by atoms with Gasteiger partial charge in [0.05, 0.1) is 30.1 Å². The first kappa shape index (κ1) is 14.0. The van der Waals surface area contributed by atoms with Crippen LogP contribution >= 0.6 is 0 Å². The molecule has 1 aliphatic heterocycles. The first-order valence-electron chi connectivity index (χ1n) is 7.17. The van der Waals surface area contributed by atoms with E-state index >= 15 is 0 Å². The number of ether oxygens (including phenoxy) is 1. The van der Waals surface area contributed by atoms with E-state index in [2.05, 4.69) is 10.2 Å². The fourth-order valence-corrected chi connectivity index (χ4v) is 5.40. The molecule has 20 heavy (non-hydrogen) atoms. The van der Waals surface area contributed by atoms with Gasteiger partial charge in [-0.3, -0.25) is 5.10 Å². The van der Waals surface area contributed by atoms with E-state index in [1.165, 1.54) is 0 Å². The number of hydrogen-bond donors (Lipinski definition) is 1. The van der Waals surface area contributed by atoms with Crippen LogP contribution in [-0.4, -0.2) is 48.2 Å². The second-order valence-corrected chi connectivity index (χ2v) is 7.47. The summed E-state index contributed by atoms with van der Waals surface area (Å²) in [6.45, 7) is 4.41. The summed E-state index contributed by atoms with van der Waals surface area (Å²) in [5.41, 5.74) is 1.16. The van der Waals surface area contributed by atoms with Crippen LogP contribution in [0.2, 0.25) is 0 Å². The molecule has 2 aliphatic rings. The highest BCUT2D eigenvalue weighted by Crippen LogP contribution is 2.33. The number of nitrogens with zero attached hydrogens (tertiary/aromatic N) is 2. The van der Waals surface area contributed by atoms with E-state index < -0.39 is 10.0 Å². The SMILES string of the molecule is Cc1n[nH]c(C)c1S(=O)(=O)N1CCOC2CCCCC21. The molecule has 2 heterocycles. The van der Waals surface area contributed by atoms with Crippen molar-refractivity contribution in [2.24, 2.45) is 0 Å². The van der Waals surface area contributed by atoms with Gasteiger partial charge in [-0.25, -0.2) is 8.42 Å². The van der Waals surface area contributed by atoms with Crippen LogP contribution < -0.4 is 0 Å². The monoisotopic (exact) mass is 299 g/mol. The Hall–Kier alpha value is -0.920. The molecule has 112 valence electrons. The summed E-state index contributed by atoms with van der Waals surface area (Å²) in [7, 11) is -3.49. The number of fused-ring (bicyclic) bond motifs is 1. The number of aromatic amines is 1. The van der Waals surface area contributed by atoms with Crippen LogP contribution in [0.3, 0.4) is 0 Å². The van der Waals surface area contributed by atoms with Crippen molar-refractivity contribution >= 4 is 10.0 Å². The Bertz CT molecular complexity index is 575. The van der Waals surface area contributed by atoms with Gasteiger partial charge in [-0.2, -0.15) is 9.40 Å². The average molecular weight is 299 g/mol. The van der Waals surface area contributed by atoms with Crippen LogP contribution in [0.15, 0.2) is 4.90 Å². The minimum Gasteiger partial charge on any atom is -0.375 e. The van der Waals surface area contributed by atoms with Crippen molar-refractivity contribution in [1.82, 2.24) is 14.5 Å². The zero-order chi connectivity index (χ0) is 14.3. The normalized spacial score (nSPS) is 28.3. The average Bonchev–Trinajstić information content (AvgIpc) is 2.78. The molecule has 1 aromatic heterocycles. The third-order valence-corrected chi connectivity index (χ3v) is 6.50. The molecule has 3 rings (SSSR count). The second-order valence-electron chi connectivity index (χ2n) is 5.64. The number of aryl methyl sites for hydroxylation is 2. The fraction of sp³-hybridized carbons (Fsp3) is 0.769. The molecule has 1 aromatic rings. The molecule has 0 bridgehead atoms. The van der Waals surface area contributed by atoms with Gasteiger partial charge in [0.1, 0.15) is 4.90 Å². The predicted molar refractivity (Wildman–Crippen MR) is 73.9 cm³/mol. The highest BCUT2D eigenvalue weighted by molar-refractivity contribution is 7.89. The van der Waals surface area contributed by atoms with Gasteiger partial charge in [0.25, 0.3) is 0 Å². The number of sulfonamides is 1. The van der Waals surface area contributed by atoms with Crippen LogP contribution in [0.4, 0.5) is 0 Å². The topological polar surface area (TPSA) is 75.3 Å². The molecule has 0 amide bonds. The quantitative estimate of drug-likeness (QED) is 0.894. The Morgan fingerprint density at radius 2 is 2.05 bits per heavy atom. The van der Waals surface area contributed by atoms with Gasteiger partial charge in [0, 0.05) is 6.54 Å². The number of hydrogen-bond acceptors (Lipinski definition) is 4. The van der Waals surface area contributed by atoms with Gasteiger partial charge < -0.3 is 4.74 Å². The van der Waals surface area contributed by atoms with Crippen molar-refractivity contribution in [3.8, 4) is 0 Å². The molecule has 2 atom stereocenters. The molecule has 0 aromatic carbocycles. The zero-order valence-electron chi connectivity index (χ0n) is 11.9. The number of H-pyrrole nitrogens is 1. The van der Waals surface area contributed by atoms with Crippen molar-refractivity contribution in [3.63, 3.8) is 0 Å². The van der Waals surface area contributed by atoms with Crippen LogP contribution in [0.5, 0.6) is 0 Å². The molecule has 2 unspecified atom stereocenters. The number of morpholine rings is 1. The van der Waals surface area contributed by atoms with Crippen molar-refractivity contribution < 1.29 is 13.2 Å². The molecule has 0 radical (unpaired) electrons. The Kier molecular flexibility index (Phi) is 3.60. The summed E-state index contributed by atoms with van der Waals surface area (Å²) in [5, 5.41) is 6.79. The maximum atomic E-state index is 13.0. The van der Waals surface area contributed by atoms with Crippen molar-refractivity contribution in [3.05, 3.63) is 11.4 Å². The lowest BCUT2D eigenvalue weighted by molar-refractivity contribution is -0.0586. The minimum absolute atomic E-state index is 0.0174. The summed E-state index contributed by atoms with van der Waals surface area (Å²) >= 11 is 0. The minimum atomic E-state index is -3.49. The Balaban J connectivity index is 1.98. The molecule has 7 heteroatoms. The van der Waals surface area contributed by atoms with E-state index in [0.29, 0.717) is 29.4 Å². The molecule has 1 saturated carbocycles. The smallest absolute Gasteiger partial charge is 0.247 e. The van der Waals surface area contributed by atoms with Crippen molar-refractivity contribution in [2.45, 2.75) is 56.6 Å². The third kappa shape index (κ3) is 2.17. The zero-order valence-corrected chi connectivity index (χ0v) is 12.7. The lowest BCUT2D eigenvalue weighted by Gasteiger charge is -2.42. The highest BCUT2D eigenvalue weighted by atomic mass is 32.2. The maximum absolute atomic E-state index is 13.0. The van der Waals surface area contributed by atoms with Crippen molar-refractivity contribution in [2.75, 3.05) is 13.2 Å². The van der Waals surface area contributed by atoms with Crippen LogP contribution in [0.1, 0.15) is 37.1 Å². The number of aromatic nitrogens is 2. The molecular weight excluding hydrogens is 278 g/mol. The lowest BCUT2D eigenvalue weighted by atomic mass is 9.91. The molecule has 2 fully saturated rings. The van der Waals surface area contributed by atoms with Gasteiger partial charge >= 0.3 is 0 Å². The van der Waals surface area contributed by atoms with E-state index in [4.69, 9.17) is 4.74 Å². The van der Waals surface area contributed by atoms with E-state index in [1.54, 1.807) is 18.2 Å². The largest absolute Gasteiger partial charge is 0.375 e. The molecule has 1 N–H and O–H groups in total. The summed E-state index contributed by atoms with van der Waals surface area (Å²) in [6.07, 6.45) is 4.10. The molecular formula is C13H21N3O3S. The fourth-order valence-electron chi connectivity index (χ4n) is 3.40. The summed E-state index contributed by atoms with van der Waals surface area (Å²) in [6, 6.07) is -0.0174. The van der Waals surface area contributed by atoms with Crippen LogP contribution in [0.25, 0.3) is 0 Å². The Morgan fingerprint density at radius 3 is 2.75 bits per heavy atom. The van der Waals surface area contributed by atoms with Gasteiger partial charge in [-0.1, -0.05) is 12.8 Å². The van der Waals surface area contributed by atoms with E-state index in [0.717, 1.165) is 25.7 Å². The summed E-state index contributed by atoms with van der Waals surface area (Å²) < 4.78 is 33.3. The standard InChI is InChI=1S/C13H21N3O3S/c1-9-13(10(2)15-14-9)20(17,18)16-7-8-19-12-6-4-3-5-11(12)16/h11-12H,3-8H2,1-2H3,(H,14,15). The van der Waals surface area contributed by atoms with Crippen molar-refractivity contribution in [1.29, 1.82) is 0 Å². The molecule has 1 aliphatic carbocycles. The van der Waals surface area contributed by atoms with E-state index in [-0.39, 0.29) is 12.1 Å². The number of nitrogens with one attached hydrogen (secondary N) is 1. The van der Waals surface area contributed by atoms with E-state index in [1.807, 2.05) is 0 Å². The first-order chi connectivity index (χ1) is 9.51. The first-order valence-corrected chi connectivity index (χ1v) is 8.61. The van der Waals surface area contributed by atoms with Gasteiger partial charge in [-0.05, 0) is 26.7 Å². The Morgan fingerprint density at radius 1 is 1.30 bits per heavy atom. The van der Waals surface area contributed by atoms with Crippen LogP contribution in [0, 0.1) is 13.8 Å². The molecule has 0 spiro atoms. The third-order valence-electron chi connectivity index (χ3n) is 4.31. The highest BCUT2D eigenvalue weighted by Gasteiger charge is 2.42. The van der Waals surface area contributed by atoms with Gasteiger partial charge in [0.2, 0.25) is 10.0 Å². The Labute approximate surface area is 119 Å². The predicted octanol–water partition coefficient (Wildman–Crippen LogP) is 1.36. The van der Waals surface area contributed by atoms with E-state index in [9.17, 15) is 8.42 Å².